The Balaban J connectivity index is 1.99. The maximum atomic E-state index is 12.7. The highest BCUT2D eigenvalue weighted by molar-refractivity contribution is 5.81. The van der Waals surface area contributed by atoms with Gasteiger partial charge in [-0.2, -0.15) is 0 Å². The van der Waals surface area contributed by atoms with E-state index in [0.717, 1.165) is 5.57 Å². The van der Waals surface area contributed by atoms with Crippen LogP contribution in [0, 0.1) is 11.3 Å². The standard InChI is InChI=1S/C22H39NO7/c1-13-11-22(28-6,30-15(3)14(13)2)19(26)20(27)23-12-16-10-17(25)21(4,5)18(29-16)8-7-9-24/h14-19,24-26H,1,7-12H2,2-6H3,(H,23,27)/t14-,15-,16?,17-,18-,19-,22-/m1/s1. The van der Waals surface area contributed by atoms with Gasteiger partial charge >= 0.3 is 0 Å². The van der Waals surface area contributed by atoms with Gasteiger partial charge in [-0.05, 0) is 19.8 Å². The van der Waals surface area contributed by atoms with Crippen LogP contribution in [0.1, 0.15) is 53.4 Å². The minimum atomic E-state index is -1.54. The van der Waals surface area contributed by atoms with E-state index in [4.69, 9.17) is 19.3 Å². The first-order chi connectivity index (χ1) is 14.0. The lowest BCUT2D eigenvalue weighted by Gasteiger charge is -2.46. The summed E-state index contributed by atoms with van der Waals surface area (Å²) in [7, 11) is 1.40. The first-order valence-corrected chi connectivity index (χ1v) is 10.8. The number of rotatable bonds is 8. The molecule has 0 spiro atoms. The Morgan fingerprint density at radius 3 is 2.63 bits per heavy atom. The highest BCUT2D eigenvalue weighted by Crippen LogP contribution is 2.39. The highest BCUT2D eigenvalue weighted by atomic mass is 16.7. The summed E-state index contributed by atoms with van der Waals surface area (Å²) in [5.41, 5.74) is 0.411. The minimum absolute atomic E-state index is 0.0566. The van der Waals surface area contributed by atoms with Crippen molar-refractivity contribution in [2.24, 2.45) is 11.3 Å². The van der Waals surface area contributed by atoms with E-state index in [2.05, 4.69) is 11.9 Å². The minimum Gasteiger partial charge on any atom is -0.396 e. The van der Waals surface area contributed by atoms with Gasteiger partial charge in [-0.15, -0.1) is 0 Å². The number of carbonyl (C=O) groups excluding carboxylic acids is 1. The first-order valence-electron chi connectivity index (χ1n) is 10.8. The summed E-state index contributed by atoms with van der Waals surface area (Å²) in [4.78, 5) is 12.7. The van der Waals surface area contributed by atoms with Crippen molar-refractivity contribution in [3.63, 3.8) is 0 Å². The highest BCUT2D eigenvalue weighted by Gasteiger charge is 2.50. The van der Waals surface area contributed by atoms with E-state index in [0.29, 0.717) is 19.3 Å². The molecule has 2 fully saturated rings. The third-order valence-corrected chi connectivity index (χ3v) is 6.88. The van der Waals surface area contributed by atoms with Crippen molar-refractivity contribution in [1.82, 2.24) is 5.32 Å². The molecule has 0 aliphatic carbocycles. The van der Waals surface area contributed by atoms with Crippen molar-refractivity contribution < 1.29 is 34.3 Å². The van der Waals surface area contributed by atoms with Crippen molar-refractivity contribution in [3.8, 4) is 0 Å². The number of amides is 1. The van der Waals surface area contributed by atoms with Gasteiger partial charge in [0.25, 0.3) is 5.91 Å². The SMILES string of the molecule is C=C1C[C@](OC)([C@H](O)C(=O)NCC2C[C@@H](O)C(C)(C)[C@@H](CCCO)O2)O[C@H](C)[C@@H]1C. The molecule has 0 saturated carbocycles. The summed E-state index contributed by atoms with van der Waals surface area (Å²) in [5, 5.41) is 33.1. The molecule has 30 heavy (non-hydrogen) atoms. The van der Waals surface area contributed by atoms with E-state index in [1.807, 2.05) is 27.7 Å². The Kier molecular flexibility index (Phi) is 8.46. The first kappa shape index (κ1) is 25.2. The topological polar surface area (TPSA) is 117 Å². The number of ether oxygens (including phenoxy) is 3. The van der Waals surface area contributed by atoms with E-state index in [1.165, 1.54) is 7.11 Å². The van der Waals surface area contributed by atoms with Gasteiger partial charge in [0.15, 0.2) is 6.10 Å². The number of carbonyl (C=O) groups is 1. The average Bonchev–Trinajstić information content (AvgIpc) is 2.70. The quantitative estimate of drug-likeness (QED) is 0.427. The second kappa shape index (κ2) is 10.1. The van der Waals surface area contributed by atoms with Gasteiger partial charge in [0, 0.05) is 44.4 Å². The van der Waals surface area contributed by atoms with E-state index >= 15 is 0 Å². The van der Waals surface area contributed by atoms with Crippen molar-refractivity contribution in [1.29, 1.82) is 0 Å². The Morgan fingerprint density at radius 2 is 2.07 bits per heavy atom. The number of aliphatic hydroxyl groups excluding tert-OH is 3. The molecular weight excluding hydrogens is 390 g/mol. The van der Waals surface area contributed by atoms with Gasteiger partial charge in [-0.25, -0.2) is 0 Å². The van der Waals surface area contributed by atoms with E-state index in [1.54, 1.807) is 0 Å². The summed E-state index contributed by atoms with van der Waals surface area (Å²) in [5.74, 6) is -2.01. The molecule has 2 rings (SSSR count). The predicted octanol–water partition coefficient (Wildman–Crippen LogP) is 1.12. The van der Waals surface area contributed by atoms with Crippen LogP contribution < -0.4 is 5.32 Å². The lowest BCUT2D eigenvalue weighted by atomic mass is 9.74. The molecule has 7 atom stereocenters. The molecule has 2 saturated heterocycles. The monoisotopic (exact) mass is 429 g/mol. The van der Waals surface area contributed by atoms with Crippen LogP contribution in [0.3, 0.4) is 0 Å². The van der Waals surface area contributed by atoms with Crippen LogP contribution in [0.5, 0.6) is 0 Å². The second-order valence-corrected chi connectivity index (χ2v) is 9.30. The van der Waals surface area contributed by atoms with Gasteiger partial charge in [-0.1, -0.05) is 32.9 Å². The largest absolute Gasteiger partial charge is 0.396 e. The summed E-state index contributed by atoms with van der Waals surface area (Å²) in [6, 6.07) is 0. The van der Waals surface area contributed by atoms with Crippen LogP contribution in [-0.2, 0) is 19.0 Å². The third kappa shape index (κ3) is 5.23. The zero-order valence-electron chi connectivity index (χ0n) is 18.9. The molecule has 1 amide bonds. The smallest absolute Gasteiger partial charge is 0.254 e. The van der Waals surface area contributed by atoms with E-state index in [-0.39, 0.29) is 37.7 Å². The molecule has 0 aromatic carbocycles. The van der Waals surface area contributed by atoms with Crippen LogP contribution in [0.2, 0.25) is 0 Å². The molecule has 0 aromatic heterocycles. The van der Waals surface area contributed by atoms with Crippen LogP contribution >= 0.6 is 0 Å². The van der Waals surface area contributed by atoms with Gasteiger partial charge < -0.3 is 34.8 Å². The van der Waals surface area contributed by atoms with Gasteiger partial charge in [-0.3, -0.25) is 4.79 Å². The summed E-state index contributed by atoms with van der Waals surface area (Å²) < 4.78 is 17.5. The van der Waals surface area contributed by atoms with Crippen molar-refractivity contribution in [3.05, 3.63) is 12.2 Å². The normalized spacial score (nSPS) is 37.6. The Labute approximate surface area is 179 Å². The van der Waals surface area contributed by atoms with Crippen molar-refractivity contribution >= 4 is 5.91 Å². The predicted molar refractivity (Wildman–Crippen MR) is 112 cm³/mol. The van der Waals surface area contributed by atoms with Crippen LogP contribution in [0.25, 0.3) is 0 Å². The second-order valence-electron chi connectivity index (χ2n) is 9.30. The average molecular weight is 430 g/mol. The van der Waals surface area contributed by atoms with Crippen LogP contribution in [-0.4, -0.2) is 77.8 Å². The Bertz CT molecular complexity index is 610. The molecule has 0 aromatic rings. The fourth-order valence-corrected chi connectivity index (χ4v) is 4.25. The summed E-state index contributed by atoms with van der Waals surface area (Å²) in [6.07, 6.45) is -1.23. The zero-order chi connectivity index (χ0) is 22.7. The molecule has 2 aliphatic rings. The molecule has 2 aliphatic heterocycles. The van der Waals surface area contributed by atoms with Gasteiger partial charge in [0.2, 0.25) is 5.79 Å². The molecular formula is C22H39NO7. The number of aliphatic hydroxyl groups is 3. The lowest BCUT2D eigenvalue weighted by molar-refractivity contribution is -0.297. The Morgan fingerprint density at radius 1 is 1.40 bits per heavy atom. The lowest BCUT2D eigenvalue weighted by Crippen LogP contribution is -2.59. The number of methoxy groups -OCH3 is 1. The fourth-order valence-electron chi connectivity index (χ4n) is 4.25. The molecule has 1 unspecified atom stereocenters. The molecule has 2 heterocycles. The zero-order valence-corrected chi connectivity index (χ0v) is 18.9. The number of hydrogen-bond acceptors (Lipinski definition) is 7. The maximum absolute atomic E-state index is 12.7. The number of nitrogens with one attached hydrogen (secondary N) is 1. The number of hydrogen-bond donors (Lipinski definition) is 4. The van der Waals surface area contributed by atoms with Crippen LogP contribution in [0.4, 0.5) is 0 Å². The molecule has 4 N–H and O–H groups in total. The van der Waals surface area contributed by atoms with Crippen molar-refractivity contribution in [2.75, 3.05) is 20.3 Å². The molecule has 8 heteroatoms. The van der Waals surface area contributed by atoms with Crippen molar-refractivity contribution in [2.45, 2.75) is 89.7 Å². The van der Waals surface area contributed by atoms with E-state index in [9.17, 15) is 15.0 Å². The van der Waals surface area contributed by atoms with E-state index < -0.39 is 35.4 Å². The molecule has 0 radical (unpaired) electrons. The third-order valence-electron chi connectivity index (χ3n) is 6.88. The van der Waals surface area contributed by atoms with Gasteiger partial charge in [0.1, 0.15) is 0 Å². The fraction of sp³-hybridized carbons (Fsp3) is 0.864. The molecule has 8 nitrogen and oxygen atoms in total. The molecule has 0 bridgehead atoms. The summed E-state index contributed by atoms with van der Waals surface area (Å²) in [6.45, 7) is 12.0. The van der Waals surface area contributed by atoms with Gasteiger partial charge in [0.05, 0.1) is 24.4 Å². The molecule has 174 valence electrons. The summed E-state index contributed by atoms with van der Waals surface area (Å²) >= 11 is 0. The Hall–Kier alpha value is -1.03. The van der Waals surface area contributed by atoms with Crippen LogP contribution in [0.15, 0.2) is 12.2 Å². The maximum Gasteiger partial charge on any atom is 0.254 e.